The summed E-state index contributed by atoms with van der Waals surface area (Å²) in [6.45, 7) is 2.92. The van der Waals surface area contributed by atoms with Crippen LogP contribution >= 0.6 is 9.39 Å². The van der Waals surface area contributed by atoms with Crippen molar-refractivity contribution in [3.05, 3.63) is 17.0 Å². The Morgan fingerprint density at radius 3 is 2.88 bits per heavy atom. The van der Waals surface area contributed by atoms with Gasteiger partial charge in [0.05, 0.1) is 0 Å². The van der Waals surface area contributed by atoms with Crippen molar-refractivity contribution in [3.63, 3.8) is 0 Å². The van der Waals surface area contributed by atoms with E-state index in [1.807, 2.05) is 11.7 Å². The van der Waals surface area contributed by atoms with Crippen molar-refractivity contribution in [3.8, 4) is 0 Å². The number of nitrogens with one attached hydrogen (secondary N) is 1. The Hall–Kier alpha value is -0.970. The van der Waals surface area contributed by atoms with Gasteiger partial charge in [-0.3, -0.25) is 9.46 Å². The minimum Gasteiger partial charge on any atom is -0.388 e. The number of aromatic nitrogens is 1. The number of nitrogens with zero attached hydrogens (tertiary/aromatic N) is 2. The molecule has 0 aliphatic rings. The first-order chi connectivity index (χ1) is 8.06. The van der Waals surface area contributed by atoms with Crippen LogP contribution in [0.5, 0.6) is 0 Å². The lowest BCUT2D eigenvalue weighted by atomic mass is 10.2. The van der Waals surface area contributed by atoms with Gasteiger partial charge < -0.3 is 14.9 Å². The number of rotatable bonds is 6. The largest absolute Gasteiger partial charge is 0.388 e. The molecule has 1 atom stereocenters. The van der Waals surface area contributed by atoms with E-state index in [-0.39, 0.29) is 18.2 Å². The highest BCUT2D eigenvalue weighted by Gasteiger charge is 2.17. The van der Waals surface area contributed by atoms with Crippen molar-refractivity contribution in [2.45, 2.75) is 20.0 Å². The van der Waals surface area contributed by atoms with Crippen LogP contribution in [0.3, 0.4) is 0 Å². The van der Waals surface area contributed by atoms with Gasteiger partial charge in [-0.2, -0.15) is 0 Å². The minimum absolute atomic E-state index is 0.244. The predicted molar refractivity (Wildman–Crippen MR) is 66.5 cm³/mol. The van der Waals surface area contributed by atoms with Gasteiger partial charge in [0.2, 0.25) is 0 Å². The highest BCUT2D eigenvalue weighted by molar-refractivity contribution is 7.13. The topological polar surface area (TPSA) is 78.6 Å². The molecule has 1 unspecified atom stereocenters. The summed E-state index contributed by atoms with van der Waals surface area (Å²) in [7, 11) is 4.50. The van der Waals surface area contributed by atoms with Crippen LogP contribution in [0.15, 0.2) is 4.52 Å². The lowest BCUT2D eigenvalue weighted by Gasteiger charge is -2.08. The summed E-state index contributed by atoms with van der Waals surface area (Å²) < 4.78 is 6.81. The van der Waals surface area contributed by atoms with Gasteiger partial charge >= 0.3 is 0 Å². The summed E-state index contributed by atoms with van der Waals surface area (Å²) in [5, 5.41) is 15.3. The average molecular weight is 259 g/mol. The van der Waals surface area contributed by atoms with Crippen LogP contribution in [0.2, 0.25) is 0 Å². The Morgan fingerprint density at radius 1 is 1.65 bits per heavy atom. The van der Waals surface area contributed by atoms with E-state index in [1.54, 1.807) is 6.92 Å². The van der Waals surface area contributed by atoms with E-state index < -0.39 is 0 Å². The number of aliphatic hydroxyl groups is 1. The number of carbonyl (C=O) groups is 1. The predicted octanol–water partition coefficient (Wildman–Crippen LogP) is 0.317. The van der Waals surface area contributed by atoms with E-state index in [0.29, 0.717) is 17.9 Å². The van der Waals surface area contributed by atoms with Crippen molar-refractivity contribution in [1.29, 1.82) is 0 Å². The fourth-order valence-electron chi connectivity index (χ4n) is 1.34. The van der Waals surface area contributed by atoms with Gasteiger partial charge in [-0.1, -0.05) is 14.5 Å². The molecule has 1 amide bonds. The number of aliphatic hydroxyl groups excluding tert-OH is 1. The summed E-state index contributed by atoms with van der Waals surface area (Å²) in [6, 6.07) is 0. The first-order valence-electron chi connectivity index (χ1n) is 5.36. The Bertz CT molecular complexity index is 379. The Labute approximate surface area is 103 Å². The molecule has 0 bridgehead atoms. The van der Waals surface area contributed by atoms with E-state index >= 15 is 0 Å². The smallest absolute Gasteiger partial charge is 0.273 e. The Morgan fingerprint density at radius 2 is 2.35 bits per heavy atom. The van der Waals surface area contributed by atoms with Crippen LogP contribution in [-0.2, 0) is 6.61 Å². The summed E-state index contributed by atoms with van der Waals surface area (Å²) >= 11 is 0. The molecule has 0 aliphatic carbocycles. The van der Waals surface area contributed by atoms with Crippen LogP contribution in [0.25, 0.3) is 0 Å². The van der Waals surface area contributed by atoms with Gasteiger partial charge in [0.25, 0.3) is 5.91 Å². The standard InChI is InChI=1S/C10H18N3O3P/c1-7-8(6-14)16-12-9(7)10(15)11-4-3-5-13(2)17/h14H,3-6,17H2,1-2H3,(H,11,15). The number of amides is 1. The molecule has 0 spiro atoms. The van der Waals surface area contributed by atoms with Crippen molar-refractivity contribution >= 4 is 15.3 Å². The van der Waals surface area contributed by atoms with E-state index in [4.69, 9.17) is 9.63 Å². The molecule has 0 saturated carbocycles. The molecule has 6 nitrogen and oxygen atoms in total. The van der Waals surface area contributed by atoms with E-state index in [0.717, 1.165) is 13.0 Å². The average Bonchev–Trinajstić information content (AvgIpc) is 2.65. The highest BCUT2D eigenvalue weighted by atomic mass is 31.0. The molecule has 0 fully saturated rings. The maximum absolute atomic E-state index is 11.7. The molecule has 0 aromatic carbocycles. The zero-order valence-corrected chi connectivity index (χ0v) is 11.2. The second-order valence-electron chi connectivity index (χ2n) is 3.83. The monoisotopic (exact) mass is 259 g/mol. The third kappa shape index (κ3) is 4.07. The SMILES string of the molecule is Cc1c(C(=O)NCCCN(C)P)noc1CO. The van der Waals surface area contributed by atoms with Gasteiger partial charge in [-0.25, -0.2) is 0 Å². The van der Waals surface area contributed by atoms with Crippen molar-refractivity contribution in [2.75, 3.05) is 20.1 Å². The van der Waals surface area contributed by atoms with E-state index in [2.05, 4.69) is 19.9 Å². The summed E-state index contributed by atoms with van der Waals surface area (Å²) in [5.41, 5.74) is 0.835. The molecule has 1 rings (SSSR count). The van der Waals surface area contributed by atoms with Crippen LogP contribution in [0.4, 0.5) is 0 Å². The fraction of sp³-hybridized carbons (Fsp3) is 0.600. The molecule has 7 heteroatoms. The van der Waals surface area contributed by atoms with Crippen LogP contribution < -0.4 is 5.32 Å². The minimum atomic E-state index is -0.266. The Kier molecular flexibility index (Phi) is 5.55. The number of carbonyl (C=O) groups excluding carboxylic acids is 1. The summed E-state index contributed by atoms with van der Waals surface area (Å²) in [5.74, 6) is 0.0669. The quantitative estimate of drug-likeness (QED) is 0.568. The van der Waals surface area contributed by atoms with Crippen molar-refractivity contribution in [1.82, 2.24) is 15.1 Å². The van der Waals surface area contributed by atoms with Crippen LogP contribution in [0.1, 0.15) is 28.2 Å². The summed E-state index contributed by atoms with van der Waals surface area (Å²) in [4.78, 5) is 11.7. The maximum atomic E-state index is 11.7. The summed E-state index contributed by atoms with van der Waals surface area (Å²) in [6.07, 6.45) is 0.857. The van der Waals surface area contributed by atoms with Gasteiger partial charge in [-0.15, -0.1) is 0 Å². The fourth-order valence-corrected chi connectivity index (χ4v) is 1.53. The number of hydrogen-bond acceptors (Lipinski definition) is 5. The molecule has 96 valence electrons. The lowest BCUT2D eigenvalue weighted by Crippen LogP contribution is -2.27. The van der Waals surface area contributed by atoms with E-state index in [9.17, 15) is 4.79 Å². The first-order valence-corrected chi connectivity index (χ1v) is 5.88. The lowest BCUT2D eigenvalue weighted by molar-refractivity contribution is 0.0943. The van der Waals surface area contributed by atoms with Crippen LogP contribution in [0, 0.1) is 6.92 Å². The van der Waals surface area contributed by atoms with Gasteiger partial charge in [0.1, 0.15) is 6.61 Å². The molecule has 1 aromatic rings. The van der Waals surface area contributed by atoms with Gasteiger partial charge in [-0.05, 0) is 20.4 Å². The van der Waals surface area contributed by atoms with E-state index in [1.165, 1.54) is 0 Å². The number of hydrogen-bond donors (Lipinski definition) is 2. The second-order valence-corrected chi connectivity index (χ2v) is 4.71. The zero-order valence-electron chi connectivity index (χ0n) is 10.1. The maximum Gasteiger partial charge on any atom is 0.273 e. The zero-order chi connectivity index (χ0) is 12.8. The normalized spacial score (nSPS) is 10.9. The molecular formula is C10H18N3O3P. The molecule has 1 aromatic heterocycles. The Balaban J connectivity index is 2.44. The third-order valence-corrected chi connectivity index (χ3v) is 2.61. The third-order valence-electron chi connectivity index (χ3n) is 2.35. The van der Waals surface area contributed by atoms with Crippen molar-refractivity contribution < 1.29 is 14.4 Å². The molecule has 1 heterocycles. The second kappa shape index (κ2) is 6.69. The molecule has 2 N–H and O–H groups in total. The van der Waals surface area contributed by atoms with Gasteiger partial charge in [0.15, 0.2) is 11.5 Å². The molecule has 0 saturated heterocycles. The first kappa shape index (κ1) is 14.1. The van der Waals surface area contributed by atoms with Crippen molar-refractivity contribution in [2.24, 2.45) is 0 Å². The highest BCUT2D eigenvalue weighted by Crippen LogP contribution is 2.12. The molecule has 0 aliphatic heterocycles. The van der Waals surface area contributed by atoms with Gasteiger partial charge in [0, 0.05) is 18.7 Å². The molecule has 17 heavy (non-hydrogen) atoms. The van der Waals surface area contributed by atoms with Crippen LogP contribution in [-0.4, -0.2) is 41.0 Å². The molecular weight excluding hydrogens is 241 g/mol. The molecule has 0 radical (unpaired) electrons.